The Morgan fingerprint density at radius 1 is 1.50 bits per heavy atom. The zero-order chi connectivity index (χ0) is 13.5. The molecule has 0 bridgehead atoms. The first-order chi connectivity index (χ1) is 8.52. The highest BCUT2D eigenvalue weighted by atomic mass is 16.5. The first-order valence-corrected chi connectivity index (χ1v) is 5.86. The zero-order valence-electron chi connectivity index (χ0n) is 10.7. The topological polar surface area (TPSA) is 70.0 Å². The maximum Gasteiger partial charge on any atom is 0.308 e. The maximum atomic E-state index is 11.2. The van der Waals surface area contributed by atoms with Gasteiger partial charge in [0.2, 0.25) is 0 Å². The molecule has 0 aliphatic carbocycles. The molecule has 0 aliphatic rings. The molecule has 0 aliphatic heterocycles. The highest BCUT2D eigenvalue weighted by molar-refractivity contribution is 5.70. The number of phenolic OH excluding ortho intramolecular Hbond substituents is 1. The van der Waals surface area contributed by atoms with Crippen LogP contribution in [0, 0.1) is 0 Å². The van der Waals surface area contributed by atoms with Crippen LogP contribution in [0.1, 0.15) is 13.3 Å². The number of carbonyl (C=O) groups is 1. The fourth-order valence-electron chi connectivity index (χ4n) is 1.63. The fourth-order valence-corrected chi connectivity index (χ4v) is 1.63. The third-order valence-corrected chi connectivity index (χ3v) is 2.46. The Morgan fingerprint density at radius 2 is 2.22 bits per heavy atom. The Kier molecular flexibility index (Phi) is 5.45. The van der Waals surface area contributed by atoms with Crippen LogP contribution in [0.25, 0.3) is 0 Å². The summed E-state index contributed by atoms with van der Waals surface area (Å²) in [6.07, 6.45) is -0.826. The molecule has 5 heteroatoms. The van der Waals surface area contributed by atoms with Crippen molar-refractivity contribution in [2.24, 2.45) is 0 Å². The number of aromatic hydroxyl groups is 1. The number of ether oxygens (including phenoxy) is 1. The maximum absolute atomic E-state index is 11.2. The predicted octanol–water partition coefficient (Wildman–Crippen LogP) is 1.14. The van der Waals surface area contributed by atoms with Crippen molar-refractivity contribution < 1.29 is 19.7 Å². The molecule has 5 nitrogen and oxygen atoms in total. The number of aliphatic hydroxyl groups excluding tert-OH is 1. The minimum absolute atomic E-state index is 0.0308. The van der Waals surface area contributed by atoms with Gasteiger partial charge < -0.3 is 19.8 Å². The molecule has 1 atom stereocenters. The van der Waals surface area contributed by atoms with Gasteiger partial charge in [-0.25, -0.2) is 0 Å². The van der Waals surface area contributed by atoms with Gasteiger partial charge in [-0.2, -0.15) is 0 Å². The molecule has 1 rings (SSSR count). The van der Waals surface area contributed by atoms with Crippen LogP contribution in [0.4, 0.5) is 5.69 Å². The van der Waals surface area contributed by atoms with Crippen LogP contribution in [0.15, 0.2) is 24.3 Å². The lowest BCUT2D eigenvalue weighted by Gasteiger charge is -2.22. The third kappa shape index (κ3) is 4.63. The summed E-state index contributed by atoms with van der Waals surface area (Å²) in [7, 11) is 1.78. The summed E-state index contributed by atoms with van der Waals surface area (Å²) in [6, 6.07) is 6.71. The Labute approximate surface area is 107 Å². The van der Waals surface area contributed by atoms with Crippen molar-refractivity contribution in [2.75, 3.05) is 25.1 Å². The number of anilines is 1. The summed E-state index contributed by atoms with van der Waals surface area (Å²) >= 11 is 0. The van der Waals surface area contributed by atoms with Gasteiger partial charge in [0, 0.05) is 25.3 Å². The number of aliphatic hydroxyl groups is 1. The number of hydrogen-bond acceptors (Lipinski definition) is 5. The van der Waals surface area contributed by atoms with Crippen molar-refractivity contribution in [3.63, 3.8) is 0 Å². The molecule has 0 amide bonds. The number of phenols is 1. The van der Waals surface area contributed by atoms with E-state index < -0.39 is 12.1 Å². The minimum atomic E-state index is -0.795. The molecule has 1 aromatic carbocycles. The van der Waals surface area contributed by atoms with Gasteiger partial charge in [-0.3, -0.25) is 4.79 Å². The largest absolute Gasteiger partial charge is 0.508 e. The Morgan fingerprint density at radius 3 is 2.83 bits per heavy atom. The highest BCUT2D eigenvalue weighted by Gasteiger charge is 2.14. The van der Waals surface area contributed by atoms with Crippen LogP contribution >= 0.6 is 0 Å². The van der Waals surface area contributed by atoms with Gasteiger partial charge in [-0.15, -0.1) is 0 Å². The number of hydrogen-bond donors (Lipinski definition) is 2. The molecule has 1 unspecified atom stereocenters. The normalized spacial score (nSPS) is 11.9. The molecule has 0 saturated carbocycles. The van der Waals surface area contributed by atoms with Crippen LogP contribution in [0.5, 0.6) is 5.75 Å². The summed E-state index contributed by atoms with van der Waals surface area (Å²) in [6.45, 7) is 2.33. The van der Waals surface area contributed by atoms with Crippen LogP contribution in [0.3, 0.4) is 0 Å². The van der Waals surface area contributed by atoms with Crippen molar-refractivity contribution >= 4 is 11.7 Å². The first kappa shape index (κ1) is 14.3. The number of nitrogens with zero attached hydrogens (tertiary/aromatic N) is 1. The second-order valence-electron chi connectivity index (χ2n) is 4.06. The van der Waals surface area contributed by atoms with Crippen molar-refractivity contribution in [3.8, 4) is 5.75 Å². The van der Waals surface area contributed by atoms with Gasteiger partial charge in [-0.05, 0) is 19.1 Å². The number of esters is 1. The molecule has 1 aromatic rings. The average molecular weight is 253 g/mol. The molecule has 0 spiro atoms. The third-order valence-electron chi connectivity index (χ3n) is 2.46. The van der Waals surface area contributed by atoms with Crippen molar-refractivity contribution in [1.29, 1.82) is 0 Å². The molecule has 100 valence electrons. The van der Waals surface area contributed by atoms with Crippen molar-refractivity contribution in [3.05, 3.63) is 24.3 Å². The van der Waals surface area contributed by atoms with E-state index in [2.05, 4.69) is 0 Å². The quantitative estimate of drug-likeness (QED) is 0.744. The lowest BCUT2D eigenvalue weighted by Crippen LogP contribution is -2.31. The van der Waals surface area contributed by atoms with E-state index in [0.717, 1.165) is 5.69 Å². The molecule has 0 aromatic heterocycles. The molecule has 2 N–H and O–H groups in total. The molecule has 0 radical (unpaired) electrons. The standard InChI is InChI=1S/C13H19NO4/c1-3-18-13(17)8-12(16)9-14(2)10-5-4-6-11(15)7-10/h4-7,12,15-16H,3,8-9H2,1-2H3. The van der Waals surface area contributed by atoms with E-state index in [1.807, 2.05) is 6.07 Å². The predicted molar refractivity (Wildman–Crippen MR) is 68.6 cm³/mol. The number of rotatable bonds is 6. The zero-order valence-corrected chi connectivity index (χ0v) is 10.7. The van der Waals surface area contributed by atoms with E-state index in [1.54, 1.807) is 37.1 Å². The summed E-state index contributed by atoms with van der Waals surface area (Å²) in [5.41, 5.74) is 0.776. The van der Waals surface area contributed by atoms with E-state index >= 15 is 0 Å². The average Bonchev–Trinajstić information content (AvgIpc) is 2.28. The lowest BCUT2D eigenvalue weighted by atomic mass is 10.2. The molecular formula is C13H19NO4. The lowest BCUT2D eigenvalue weighted by molar-refractivity contribution is -0.145. The monoisotopic (exact) mass is 253 g/mol. The minimum Gasteiger partial charge on any atom is -0.508 e. The molecular weight excluding hydrogens is 234 g/mol. The van der Waals surface area contributed by atoms with Crippen LogP contribution in [-0.4, -0.2) is 42.5 Å². The van der Waals surface area contributed by atoms with Gasteiger partial charge >= 0.3 is 5.97 Å². The van der Waals surface area contributed by atoms with E-state index in [1.165, 1.54) is 0 Å². The van der Waals surface area contributed by atoms with Gasteiger partial charge in [0.25, 0.3) is 0 Å². The summed E-state index contributed by atoms with van der Waals surface area (Å²) in [4.78, 5) is 13.0. The van der Waals surface area contributed by atoms with E-state index in [4.69, 9.17) is 4.74 Å². The molecule has 0 saturated heterocycles. The smallest absolute Gasteiger partial charge is 0.308 e. The molecule has 0 heterocycles. The van der Waals surface area contributed by atoms with E-state index in [-0.39, 0.29) is 12.2 Å². The van der Waals surface area contributed by atoms with Crippen LogP contribution < -0.4 is 4.90 Å². The summed E-state index contributed by atoms with van der Waals surface area (Å²) in [5.74, 6) is -0.242. The second-order valence-corrected chi connectivity index (χ2v) is 4.06. The summed E-state index contributed by atoms with van der Waals surface area (Å²) in [5, 5.41) is 19.1. The summed E-state index contributed by atoms with van der Waals surface area (Å²) < 4.78 is 4.76. The Hall–Kier alpha value is -1.75. The molecule has 18 heavy (non-hydrogen) atoms. The molecule has 0 fully saturated rings. The Bertz CT molecular complexity index is 394. The highest BCUT2D eigenvalue weighted by Crippen LogP contribution is 2.19. The van der Waals surface area contributed by atoms with Gasteiger partial charge in [0.1, 0.15) is 5.75 Å². The Balaban J connectivity index is 2.49. The first-order valence-electron chi connectivity index (χ1n) is 5.86. The van der Waals surface area contributed by atoms with E-state index in [0.29, 0.717) is 13.2 Å². The van der Waals surface area contributed by atoms with Gasteiger partial charge in [0.15, 0.2) is 0 Å². The van der Waals surface area contributed by atoms with Crippen molar-refractivity contribution in [2.45, 2.75) is 19.4 Å². The fraction of sp³-hybridized carbons (Fsp3) is 0.462. The van der Waals surface area contributed by atoms with Gasteiger partial charge in [-0.1, -0.05) is 6.07 Å². The number of carbonyl (C=O) groups excluding carboxylic acids is 1. The van der Waals surface area contributed by atoms with E-state index in [9.17, 15) is 15.0 Å². The van der Waals surface area contributed by atoms with Crippen molar-refractivity contribution in [1.82, 2.24) is 0 Å². The second kappa shape index (κ2) is 6.86. The SMILES string of the molecule is CCOC(=O)CC(O)CN(C)c1cccc(O)c1. The van der Waals surface area contributed by atoms with Gasteiger partial charge in [0.05, 0.1) is 19.1 Å². The number of likely N-dealkylation sites (N-methyl/N-ethyl adjacent to an activating group) is 1. The number of benzene rings is 1. The van der Waals surface area contributed by atoms with Crippen LogP contribution in [0.2, 0.25) is 0 Å². The van der Waals surface area contributed by atoms with Crippen LogP contribution in [-0.2, 0) is 9.53 Å².